The van der Waals surface area contributed by atoms with Gasteiger partial charge in [0.2, 0.25) is 0 Å². The maximum absolute atomic E-state index is 12.2. The van der Waals surface area contributed by atoms with Gasteiger partial charge in [-0.25, -0.2) is 0 Å². The number of halogens is 3. The van der Waals surface area contributed by atoms with Gasteiger partial charge in [-0.15, -0.1) is 0 Å². The van der Waals surface area contributed by atoms with Gasteiger partial charge in [0.15, 0.2) is 5.03 Å². The lowest BCUT2D eigenvalue weighted by molar-refractivity contribution is 0.582. The number of nitrogens with one attached hydrogen (secondary N) is 1. The van der Waals surface area contributed by atoms with E-state index in [-0.39, 0.29) is 10.0 Å². The number of aryl methyl sites for hydroxylation is 1. The minimum atomic E-state index is -3.81. The number of nitrogens with zero attached hydrogens (tertiary/aromatic N) is 2. The number of aromatic nitrogens is 2. The Balaban J connectivity index is 2.39. The average Bonchev–Trinajstić information content (AvgIpc) is 2.64. The first-order valence-electron chi connectivity index (χ1n) is 4.96. The van der Waals surface area contributed by atoms with E-state index in [9.17, 15) is 8.42 Å². The van der Waals surface area contributed by atoms with Crippen molar-refractivity contribution in [1.82, 2.24) is 9.78 Å². The second-order valence-electron chi connectivity index (χ2n) is 3.66. The van der Waals surface area contributed by atoms with Gasteiger partial charge >= 0.3 is 0 Å². The summed E-state index contributed by atoms with van der Waals surface area (Å²) < 4.78 is 28.6. The molecule has 0 aliphatic heterocycles. The van der Waals surface area contributed by atoms with Gasteiger partial charge in [0.25, 0.3) is 10.0 Å². The molecule has 0 atom stereocenters. The van der Waals surface area contributed by atoms with Crippen LogP contribution in [0.15, 0.2) is 33.9 Å². The highest BCUT2D eigenvalue weighted by molar-refractivity contribution is 9.10. The third-order valence-electron chi connectivity index (χ3n) is 2.27. The Labute approximate surface area is 128 Å². The molecule has 2 aromatic rings. The number of rotatable bonds is 3. The van der Waals surface area contributed by atoms with Gasteiger partial charge in [-0.1, -0.05) is 23.2 Å². The monoisotopic (exact) mass is 383 g/mol. The van der Waals surface area contributed by atoms with Gasteiger partial charge in [0.05, 0.1) is 21.9 Å². The summed E-state index contributed by atoms with van der Waals surface area (Å²) in [7, 11) is -2.31. The van der Waals surface area contributed by atoms with E-state index < -0.39 is 10.0 Å². The van der Waals surface area contributed by atoms with Crippen LogP contribution in [0.4, 0.5) is 5.69 Å². The molecule has 0 spiro atoms. The van der Waals surface area contributed by atoms with E-state index in [1.807, 2.05) is 0 Å². The molecule has 1 aromatic heterocycles. The quantitative estimate of drug-likeness (QED) is 0.882. The summed E-state index contributed by atoms with van der Waals surface area (Å²) in [6.45, 7) is 0. The smallest absolute Gasteiger partial charge is 0.278 e. The van der Waals surface area contributed by atoms with Crippen LogP contribution in [0.2, 0.25) is 10.0 Å². The van der Waals surface area contributed by atoms with Crippen LogP contribution < -0.4 is 4.72 Å². The molecule has 0 aliphatic rings. The van der Waals surface area contributed by atoms with Crippen molar-refractivity contribution in [2.24, 2.45) is 7.05 Å². The number of hydrogen-bond acceptors (Lipinski definition) is 3. The number of hydrogen-bond donors (Lipinski definition) is 1. The molecule has 1 N–H and O–H groups in total. The third-order valence-corrected chi connectivity index (χ3v) is 5.37. The molecule has 0 saturated carbocycles. The van der Waals surface area contributed by atoms with Gasteiger partial charge in [-0.05, 0) is 34.1 Å². The molecule has 0 radical (unpaired) electrons. The molecule has 1 heterocycles. The second-order valence-corrected chi connectivity index (χ2v) is 6.92. The van der Waals surface area contributed by atoms with Crippen LogP contribution in [-0.4, -0.2) is 18.2 Å². The van der Waals surface area contributed by atoms with Crippen LogP contribution in [0.1, 0.15) is 0 Å². The summed E-state index contributed by atoms with van der Waals surface area (Å²) in [4.78, 5) is 0. The largest absolute Gasteiger partial charge is 0.280 e. The normalized spacial score (nSPS) is 11.6. The molecule has 19 heavy (non-hydrogen) atoms. The van der Waals surface area contributed by atoms with Crippen molar-refractivity contribution in [2.75, 3.05) is 4.72 Å². The van der Waals surface area contributed by atoms with Crippen molar-refractivity contribution in [3.05, 3.63) is 38.9 Å². The zero-order valence-corrected chi connectivity index (χ0v) is 13.5. The van der Waals surface area contributed by atoms with Gasteiger partial charge in [-0.3, -0.25) is 9.40 Å². The first-order valence-corrected chi connectivity index (χ1v) is 8.00. The summed E-state index contributed by atoms with van der Waals surface area (Å²) >= 11 is 14.9. The van der Waals surface area contributed by atoms with Crippen LogP contribution >= 0.6 is 39.1 Å². The molecule has 5 nitrogen and oxygen atoms in total. The Morgan fingerprint density at radius 2 is 2.00 bits per heavy atom. The summed E-state index contributed by atoms with van der Waals surface area (Å²) in [6, 6.07) is 4.69. The fourth-order valence-electron chi connectivity index (χ4n) is 1.46. The zero-order valence-electron chi connectivity index (χ0n) is 9.56. The standard InChI is InChI=1S/C10H8BrCl2N3O2S/c1-16-10(9(13)5-14-16)19(17,18)15-6-2-3-8(12)7(11)4-6/h2-5,15H,1H3. The van der Waals surface area contributed by atoms with E-state index in [4.69, 9.17) is 23.2 Å². The Hall–Kier alpha value is -0.760. The van der Waals surface area contributed by atoms with Crippen molar-refractivity contribution in [3.8, 4) is 0 Å². The molecule has 102 valence electrons. The molecule has 2 rings (SSSR count). The van der Waals surface area contributed by atoms with E-state index in [1.165, 1.54) is 17.9 Å². The molecule has 1 aromatic carbocycles. The predicted molar refractivity (Wildman–Crippen MR) is 78.2 cm³/mol. The van der Waals surface area contributed by atoms with Crippen molar-refractivity contribution < 1.29 is 8.42 Å². The first-order chi connectivity index (χ1) is 8.81. The first kappa shape index (κ1) is 14.6. The highest BCUT2D eigenvalue weighted by atomic mass is 79.9. The highest BCUT2D eigenvalue weighted by Gasteiger charge is 2.22. The van der Waals surface area contributed by atoms with Gasteiger partial charge < -0.3 is 0 Å². The van der Waals surface area contributed by atoms with Crippen molar-refractivity contribution in [2.45, 2.75) is 5.03 Å². The maximum Gasteiger partial charge on any atom is 0.280 e. The number of benzene rings is 1. The minimum absolute atomic E-state index is 0.0584. The number of anilines is 1. The Bertz CT molecular complexity index is 711. The lowest BCUT2D eigenvalue weighted by atomic mass is 10.3. The fraction of sp³-hybridized carbons (Fsp3) is 0.100. The summed E-state index contributed by atoms with van der Waals surface area (Å²) in [5.41, 5.74) is 0.369. The average molecular weight is 385 g/mol. The van der Waals surface area contributed by atoms with Crippen LogP contribution in [0.3, 0.4) is 0 Å². The molecule has 0 aliphatic carbocycles. The van der Waals surface area contributed by atoms with Crippen LogP contribution in [-0.2, 0) is 17.1 Å². The van der Waals surface area contributed by atoms with Crippen molar-refractivity contribution >= 4 is 54.8 Å². The highest BCUT2D eigenvalue weighted by Crippen LogP contribution is 2.28. The summed E-state index contributed by atoms with van der Waals surface area (Å²) in [5.74, 6) is 0. The van der Waals surface area contributed by atoms with Gasteiger partial charge in [-0.2, -0.15) is 13.5 Å². The lowest BCUT2D eigenvalue weighted by Gasteiger charge is -2.09. The summed E-state index contributed by atoms with van der Waals surface area (Å²) in [6.07, 6.45) is 1.27. The molecule has 0 fully saturated rings. The minimum Gasteiger partial charge on any atom is -0.278 e. The molecule has 0 unspecified atom stereocenters. The van der Waals surface area contributed by atoms with E-state index in [0.29, 0.717) is 15.2 Å². The molecule has 0 saturated heterocycles. The third kappa shape index (κ3) is 3.05. The van der Waals surface area contributed by atoms with Crippen LogP contribution in [0.25, 0.3) is 0 Å². The number of sulfonamides is 1. The molecule has 9 heteroatoms. The Morgan fingerprint density at radius 3 is 2.53 bits per heavy atom. The van der Waals surface area contributed by atoms with Crippen LogP contribution in [0, 0.1) is 0 Å². The van der Waals surface area contributed by atoms with E-state index in [2.05, 4.69) is 25.8 Å². The molecule has 0 amide bonds. The fourth-order valence-corrected chi connectivity index (χ4v) is 3.67. The molecular formula is C10H8BrCl2N3O2S. The van der Waals surface area contributed by atoms with Gasteiger partial charge in [0, 0.05) is 11.5 Å². The molecular weight excluding hydrogens is 377 g/mol. The lowest BCUT2D eigenvalue weighted by Crippen LogP contribution is -2.17. The Kier molecular flexibility index (Phi) is 4.10. The van der Waals surface area contributed by atoms with Crippen molar-refractivity contribution in [3.63, 3.8) is 0 Å². The Morgan fingerprint density at radius 1 is 1.32 bits per heavy atom. The predicted octanol–water partition coefficient (Wildman–Crippen LogP) is 3.29. The molecule has 0 bridgehead atoms. The van der Waals surface area contributed by atoms with E-state index >= 15 is 0 Å². The van der Waals surface area contributed by atoms with E-state index in [0.717, 1.165) is 0 Å². The SMILES string of the molecule is Cn1ncc(Cl)c1S(=O)(=O)Nc1ccc(Cl)c(Br)c1. The maximum atomic E-state index is 12.2. The van der Waals surface area contributed by atoms with Gasteiger partial charge in [0.1, 0.15) is 0 Å². The van der Waals surface area contributed by atoms with E-state index in [1.54, 1.807) is 18.2 Å². The zero-order chi connectivity index (χ0) is 14.2. The topological polar surface area (TPSA) is 64.0 Å². The second kappa shape index (κ2) is 5.32. The summed E-state index contributed by atoms with van der Waals surface area (Å²) in [5, 5.41) is 4.24. The van der Waals surface area contributed by atoms with Crippen molar-refractivity contribution in [1.29, 1.82) is 0 Å². The van der Waals surface area contributed by atoms with Crippen LogP contribution in [0.5, 0.6) is 0 Å².